The maximum atomic E-state index is 11.3. The van der Waals surface area contributed by atoms with E-state index >= 15 is 0 Å². The van der Waals surface area contributed by atoms with Crippen LogP contribution in [0, 0.1) is 3.57 Å². The number of ether oxygens (including phenoxy) is 1. The van der Waals surface area contributed by atoms with Crippen molar-refractivity contribution in [3.8, 4) is 0 Å². The fraction of sp³-hybridized carbons (Fsp3) is 0.222. The van der Waals surface area contributed by atoms with E-state index in [1.54, 1.807) is 0 Å². The van der Waals surface area contributed by atoms with E-state index in [0.29, 0.717) is 6.61 Å². The van der Waals surface area contributed by atoms with Crippen molar-refractivity contribution in [2.75, 3.05) is 6.61 Å². The van der Waals surface area contributed by atoms with Gasteiger partial charge in [-0.05, 0) is 46.4 Å². The first kappa shape index (κ1) is 8.19. The van der Waals surface area contributed by atoms with E-state index in [2.05, 4.69) is 22.6 Å². The van der Waals surface area contributed by atoms with Crippen molar-refractivity contribution >= 4 is 28.4 Å². The Morgan fingerprint density at radius 3 is 3.00 bits per heavy atom. The van der Waals surface area contributed by atoms with Gasteiger partial charge in [-0.1, -0.05) is 0 Å². The molecule has 0 unspecified atom stereocenters. The van der Waals surface area contributed by atoms with Crippen LogP contribution in [0.25, 0.3) is 0 Å². The summed E-state index contributed by atoms with van der Waals surface area (Å²) in [7, 11) is 0. The molecule has 1 heterocycles. The number of halogens is 1. The zero-order valence-electron chi connectivity index (χ0n) is 6.34. The van der Waals surface area contributed by atoms with Crippen molar-refractivity contribution in [2.45, 2.75) is 6.61 Å². The molecule has 0 saturated carbocycles. The number of hydrogen-bond donors (Lipinski definition) is 0. The number of fused-ring (bicyclic) bond motifs is 1. The number of carbonyl (C=O) groups is 1. The first-order chi connectivity index (χ1) is 5.77. The second-order valence-electron chi connectivity index (χ2n) is 2.72. The lowest BCUT2D eigenvalue weighted by Gasteiger charge is -2.14. The summed E-state index contributed by atoms with van der Waals surface area (Å²) in [5, 5.41) is 0. The Morgan fingerprint density at radius 2 is 2.17 bits per heavy atom. The highest BCUT2D eigenvalue weighted by Gasteiger charge is 2.16. The minimum Gasteiger partial charge on any atom is -0.369 e. The summed E-state index contributed by atoms with van der Waals surface area (Å²) in [6.45, 7) is 0.797. The number of hydrogen-bond acceptors (Lipinski definition) is 2. The van der Waals surface area contributed by atoms with Gasteiger partial charge in [-0.3, -0.25) is 4.79 Å². The largest absolute Gasteiger partial charge is 0.369 e. The summed E-state index contributed by atoms with van der Waals surface area (Å²) in [5.74, 6) is 0.0904. The van der Waals surface area contributed by atoms with E-state index in [1.807, 2.05) is 18.2 Å². The Labute approximate surface area is 84.1 Å². The molecule has 2 nitrogen and oxygen atoms in total. The molecule has 0 saturated heterocycles. The molecule has 2 rings (SSSR count). The minimum absolute atomic E-state index is 0.0904. The first-order valence-electron chi connectivity index (χ1n) is 3.67. The van der Waals surface area contributed by atoms with Crippen LogP contribution in [0.2, 0.25) is 0 Å². The molecule has 1 aromatic rings. The van der Waals surface area contributed by atoms with E-state index in [4.69, 9.17) is 4.74 Å². The van der Waals surface area contributed by atoms with Crippen molar-refractivity contribution < 1.29 is 9.53 Å². The molecule has 0 radical (unpaired) electrons. The summed E-state index contributed by atoms with van der Waals surface area (Å²) >= 11 is 2.23. The molecule has 0 spiro atoms. The van der Waals surface area contributed by atoms with Gasteiger partial charge >= 0.3 is 0 Å². The second kappa shape index (κ2) is 3.14. The van der Waals surface area contributed by atoms with Gasteiger partial charge in [0.15, 0.2) is 5.78 Å². The lowest BCUT2D eigenvalue weighted by Crippen LogP contribution is -2.17. The predicted octanol–water partition coefficient (Wildman–Crippen LogP) is 2.00. The quantitative estimate of drug-likeness (QED) is 0.676. The van der Waals surface area contributed by atoms with Crippen LogP contribution in [0.3, 0.4) is 0 Å². The molecule has 3 heteroatoms. The molecule has 0 aromatic heterocycles. The maximum absolute atomic E-state index is 11.3. The molecule has 0 N–H and O–H groups in total. The summed E-state index contributed by atoms with van der Waals surface area (Å²) in [4.78, 5) is 11.3. The fourth-order valence-corrected chi connectivity index (χ4v) is 1.84. The van der Waals surface area contributed by atoms with Gasteiger partial charge in [0, 0.05) is 9.13 Å². The number of benzene rings is 1. The molecule has 0 atom stereocenters. The zero-order chi connectivity index (χ0) is 8.55. The highest BCUT2D eigenvalue weighted by atomic mass is 127. The molecule has 1 aliphatic heterocycles. The van der Waals surface area contributed by atoms with E-state index in [1.165, 1.54) is 0 Å². The molecule has 0 bridgehead atoms. The summed E-state index contributed by atoms with van der Waals surface area (Å²) in [5.41, 5.74) is 1.83. The van der Waals surface area contributed by atoms with Crippen molar-refractivity contribution in [2.24, 2.45) is 0 Å². The minimum atomic E-state index is 0.0904. The third kappa shape index (κ3) is 1.38. The highest BCUT2D eigenvalue weighted by molar-refractivity contribution is 14.1. The van der Waals surface area contributed by atoms with Crippen LogP contribution in [-0.2, 0) is 11.3 Å². The Bertz CT molecular complexity index is 333. The fourth-order valence-electron chi connectivity index (χ4n) is 1.29. The topological polar surface area (TPSA) is 26.3 Å². The average Bonchev–Trinajstić information content (AvgIpc) is 2.04. The molecule has 0 aliphatic carbocycles. The normalized spacial score (nSPS) is 15.9. The van der Waals surface area contributed by atoms with E-state index in [9.17, 15) is 4.79 Å². The van der Waals surface area contributed by atoms with Crippen LogP contribution in [0.5, 0.6) is 0 Å². The smallest absolute Gasteiger partial charge is 0.188 e. The van der Waals surface area contributed by atoms with Crippen LogP contribution in [0.15, 0.2) is 18.2 Å². The SMILES string of the molecule is O=C1COCc2cc(I)ccc21. The maximum Gasteiger partial charge on any atom is 0.188 e. The second-order valence-corrected chi connectivity index (χ2v) is 3.96. The molecule has 0 amide bonds. The number of ketones is 1. The van der Waals surface area contributed by atoms with Gasteiger partial charge in [-0.25, -0.2) is 0 Å². The highest BCUT2D eigenvalue weighted by Crippen LogP contribution is 2.19. The van der Waals surface area contributed by atoms with Crippen LogP contribution in [0.4, 0.5) is 0 Å². The van der Waals surface area contributed by atoms with E-state index in [0.717, 1.165) is 14.7 Å². The van der Waals surface area contributed by atoms with Gasteiger partial charge in [-0.2, -0.15) is 0 Å². The van der Waals surface area contributed by atoms with Gasteiger partial charge in [0.25, 0.3) is 0 Å². The van der Waals surface area contributed by atoms with E-state index < -0.39 is 0 Å². The monoisotopic (exact) mass is 274 g/mol. The lowest BCUT2D eigenvalue weighted by molar-refractivity contribution is 0.0665. The molecular weight excluding hydrogens is 267 g/mol. The Balaban J connectivity index is 2.53. The number of carbonyl (C=O) groups excluding carboxylic acids is 1. The predicted molar refractivity (Wildman–Crippen MR) is 53.1 cm³/mol. The van der Waals surface area contributed by atoms with Gasteiger partial charge in [0.2, 0.25) is 0 Å². The van der Waals surface area contributed by atoms with Gasteiger partial charge in [0.1, 0.15) is 6.61 Å². The lowest BCUT2D eigenvalue weighted by atomic mass is 10.0. The molecule has 12 heavy (non-hydrogen) atoms. The van der Waals surface area contributed by atoms with Crippen molar-refractivity contribution in [1.82, 2.24) is 0 Å². The molecule has 62 valence electrons. The Kier molecular flexibility index (Phi) is 2.14. The number of rotatable bonds is 0. The van der Waals surface area contributed by atoms with Crippen molar-refractivity contribution in [3.63, 3.8) is 0 Å². The van der Waals surface area contributed by atoms with E-state index in [-0.39, 0.29) is 12.4 Å². The van der Waals surface area contributed by atoms with Crippen LogP contribution >= 0.6 is 22.6 Å². The van der Waals surface area contributed by atoms with Gasteiger partial charge in [-0.15, -0.1) is 0 Å². The van der Waals surface area contributed by atoms with Crippen LogP contribution in [0.1, 0.15) is 15.9 Å². The van der Waals surface area contributed by atoms with Crippen LogP contribution < -0.4 is 0 Å². The Morgan fingerprint density at radius 1 is 1.33 bits per heavy atom. The first-order valence-corrected chi connectivity index (χ1v) is 4.74. The third-order valence-corrected chi connectivity index (χ3v) is 2.53. The Hall–Kier alpha value is -0.420. The summed E-state index contributed by atoms with van der Waals surface area (Å²) in [6, 6.07) is 5.82. The number of Topliss-reactive ketones (excluding diaryl/α,β-unsaturated/α-hetero) is 1. The molecule has 1 aromatic carbocycles. The third-order valence-electron chi connectivity index (χ3n) is 1.86. The zero-order valence-corrected chi connectivity index (χ0v) is 8.50. The summed E-state index contributed by atoms with van der Waals surface area (Å²) < 4.78 is 6.25. The molecular formula is C9H7IO2. The van der Waals surface area contributed by atoms with Gasteiger partial charge in [0.05, 0.1) is 6.61 Å². The molecule has 1 aliphatic rings. The summed E-state index contributed by atoms with van der Waals surface area (Å²) in [6.07, 6.45) is 0. The van der Waals surface area contributed by atoms with Crippen molar-refractivity contribution in [1.29, 1.82) is 0 Å². The van der Waals surface area contributed by atoms with Crippen LogP contribution in [-0.4, -0.2) is 12.4 Å². The standard InChI is InChI=1S/C9H7IO2/c10-7-1-2-8-6(3-7)4-12-5-9(8)11/h1-3H,4-5H2. The van der Waals surface area contributed by atoms with Crippen molar-refractivity contribution in [3.05, 3.63) is 32.9 Å². The average molecular weight is 274 g/mol. The van der Waals surface area contributed by atoms with Gasteiger partial charge < -0.3 is 4.74 Å². The molecule has 0 fully saturated rings.